The fourth-order valence-electron chi connectivity index (χ4n) is 0.957. The van der Waals surface area contributed by atoms with E-state index in [-0.39, 0.29) is 10.8 Å². The van der Waals surface area contributed by atoms with Crippen LogP contribution in [-0.2, 0) is 0 Å². The smallest absolute Gasteiger partial charge is 0.192 e. The van der Waals surface area contributed by atoms with Crippen LogP contribution in [0.4, 0.5) is 0 Å². The molecule has 0 amide bonds. The zero-order valence-corrected chi connectivity index (χ0v) is 7.32. The summed E-state index contributed by atoms with van der Waals surface area (Å²) in [6.07, 6.45) is 4.25. The summed E-state index contributed by atoms with van der Waals surface area (Å²) in [4.78, 5) is 7.67. The van der Waals surface area contributed by atoms with Crippen molar-refractivity contribution in [1.82, 2.24) is 9.97 Å². The SMILES string of the molecule is Oc1cnc(-c2ccncc2O)s1. The number of aromatic nitrogens is 2. The molecule has 0 atom stereocenters. The van der Waals surface area contributed by atoms with Gasteiger partial charge in [-0.3, -0.25) is 4.98 Å². The van der Waals surface area contributed by atoms with Crippen molar-refractivity contribution in [3.05, 3.63) is 24.7 Å². The van der Waals surface area contributed by atoms with Gasteiger partial charge in [0, 0.05) is 6.20 Å². The fraction of sp³-hybridized carbons (Fsp3) is 0. The number of thiazole rings is 1. The van der Waals surface area contributed by atoms with Gasteiger partial charge in [0.15, 0.2) is 5.06 Å². The highest BCUT2D eigenvalue weighted by Gasteiger charge is 2.07. The van der Waals surface area contributed by atoms with Gasteiger partial charge in [-0.1, -0.05) is 11.3 Å². The number of hydrogen-bond acceptors (Lipinski definition) is 5. The molecule has 4 nitrogen and oxygen atoms in total. The summed E-state index contributed by atoms with van der Waals surface area (Å²) < 4.78 is 0. The molecule has 66 valence electrons. The normalized spacial score (nSPS) is 10.2. The molecular weight excluding hydrogens is 188 g/mol. The van der Waals surface area contributed by atoms with Gasteiger partial charge in [0.1, 0.15) is 10.8 Å². The molecule has 0 aromatic carbocycles. The fourth-order valence-corrected chi connectivity index (χ4v) is 1.65. The molecule has 2 N–H and O–H groups in total. The Hall–Kier alpha value is -1.62. The van der Waals surface area contributed by atoms with Crippen molar-refractivity contribution >= 4 is 11.3 Å². The number of rotatable bonds is 1. The Morgan fingerprint density at radius 1 is 1.23 bits per heavy atom. The van der Waals surface area contributed by atoms with Gasteiger partial charge in [0.2, 0.25) is 0 Å². The Morgan fingerprint density at radius 3 is 2.69 bits per heavy atom. The molecule has 0 saturated heterocycles. The van der Waals surface area contributed by atoms with Crippen LogP contribution < -0.4 is 0 Å². The highest BCUT2D eigenvalue weighted by molar-refractivity contribution is 7.16. The van der Waals surface area contributed by atoms with E-state index < -0.39 is 0 Å². The van der Waals surface area contributed by atoms with Gasteiger partial charge in [-0.15, -0.1) is 0 Å². The van der Waals surface area contributed by atoms with Crippen LogP contribution in [0.25, 0.3) is 10.6 Å². The van der Waals surface area contributed by atoms with Crippen molar-refractivity contribution in [3.63, 3.8) is 0 Å². The van der Waals surface area contributed by atoms with Gasteiger partial charge in [-0.2, -0.15) is 0 Å². The van der Waals surface area contributed by atoms with Crippen LogP contribution >= 0.6 is 11.3 Å². The zero-order chi connectivity index (χ0) is 9.26. The molecule has 0 fully saturated rings. The monoisotopic (exact) mass is 194 g/mol. The summed E-state index contributed by atoms with van der Waals surface area (Å²) in [7, 11) is 0. The van der Waals surface area contributed by atoms with Gasteiger partial charge in [0.05, 0.1) is 18.0 Å². The standard InChI is InChI=1S/C8H6N2O2S/c11-6-3-9-2-1-5(6)8-10-4-7(12)13-8/h1-4,11-12H. The molecule has 2 heterocycles. The second-order valence-corrected chi connectivity index (χ2v) is 3.41. The van der Waals surface area contributed by atoms with Crippen molar-refractivity contribution in [2.75, 3.05) is 0 Å². The Morgan fingerprint density at radius 2 is 2.08 bits per heavy atom. The summed E-state index contributed by atoms with van der Waals surface area (Å²) in [5.74, 6) is 0.0665. The van der Waals surface area contributed by atoms with E-state index in [2.05, 4.69) is 9.97 Å². The number of aromatic hydroxyl groups is 2. The molecule has 0 aliphatic rings. The summed E-state index contributed by atoms with van der Waals surface area (Å²) in [6.45, 7) is 0. The lowest BCUT2D eigenvalue weighted by Crippen LogP contribution is -1.77. The molecule has 0 aliphatic carbocycles. The first kappa shape index (κ1) is 8.00. The predicted octanol–water partition coefficient (Wildman–Crippen LogP) is 1.62. The largest absolute Gasteiger partial charge is 0.506 e. The quantitative estimate of drug-likeness (QED) is 0.723. The molecule has 13 heavy (non-hydrogen) atoms. The van der Waals surface area contributed by atoms with Crippen LogP contribution in [0, 0.1) is 0 Å². The van der Waals surface area contributed by atoms with Crippen LogP contribution in [0.1, 0.15) is 0 Å². The maximum atomic E-state index is 9.40. The molecule has 0 unspecified atom stereocenters. The van der Waals surface area contributed by atoms with Crippen molar-refractivity contribution in [2.45, 2.75) is 0 Å². The van der Waals surface area contributed by atoms with E-state index in [4.69, 9.17) is 5.11 Å². The zero-order valence-electron chi connectivity index (χ0n) is 6.51. The molecule has 0 spiro atoms. The molecule has 2 aromatic heterocycles. The molecule has 0 bridgehead atoms. The molecule has 5 heteroatoms. The van der Waals surface area contributed by atoms with Crippen molar-refractivity contribution in [2.24, 2.45) is 0 Å². The highest BCUT2D eigenvalue weighted by atomic mass is 32.1. The maximum Gasteiger partial charge on any atom is 0.192 e. The number of hydrogen-bond donors (Lipinski definition) is 2. The minimum Gasteiger partial charge on any atom is -0.506 e. The Bertz CT molecular complexity index is 428. The van der Waals surface area contributed by atoms with Gasteiger partial charge >= 0.3 is 0 Å². The van der Waals surface area contributed by atoms with Crippen LogP contribution in [0.3, 0.4) is 0 Å². The van der Waals surface area contributed by atoms with Gasteiger partial charge in [-0.25, -0.2) is 4.98 Å². The van der Waals surface area contributed by atoms with Gasteiger partial charge in [-0.05, 0) is 6.07 Å². The number of nitrogens with zero attached hydrogens (tertiary/aromatic N) is 2. The summed E-state index contributed by atoms with van der Waals surface area (Å²) >= 11 is 1.11. The van der Waals surface area contributed by atoms with E-state index >= 15 is 0 Å². The third kappa shape index (κ3) is 1.46. The molecule has 2 aromatic rings. The lowest BCUT2D eigenvalue weighted by molar-refractivity contribution is 0.474. The topological polar surface area (TPSA) is 66.2 Å². The number of pyridine rings is 1. The average Bonchev–Trinajstić information content (AvgIpc) is 2.53. The minimum atomic E-state index is 0.0665. The van der Waals surface area contributed by atoms with Crippen LogP contribution in [0.15, 0.2) is 24.7 Å². The maximum absolute atomic E-state index is 9.40. The second-order valence-electron chi connectivity index (χ2n) is 2.40. The van der Waals surface area contributed by atoms with Crippen molar-refractivity contribution < 1.29 is 10.2 Å². The van der Waals surface area contributed by atoms with E-state index in [1.807, 2.05) is 0 Å². The van der Waals surface area contributed by atoms with E-state index in [0.717, 1.165) is 11.3 Å². The van der Waals surface area contributed by atoms with Crippen LogP contribution in [0.2, 0.25) is 0 Å². The molecule has 0 radical (unpaired) electrons. The van der Waals surface area contributed by atoms with E-state index in [0.29, 0.717) is 10.6 Å². The van der Waals surface area contributed by atoms with E-state index in [9.17, 15) is 5.11 Å². The van der Waals surface area contributed by atoms with Crippen LogP contribution in [0.5, 0.6) is 10.8 Å². The molecule has 0 saturated carbocycles. The van der Waals surface area contributed by atoms with Crippen molar-refractivity contribution in [1.29, 1.82) is 0 Å². The van der Waals surface area contributed by atoms with E-state index in [1.165, 1.54) is 12.4 Å². The molecule has 0 aliphatic heterocycles. The molecular formula is C8H6N2O2S. The Labute approximate surface area is 78.2 Å². The first-order valence-corrected chi connectivity index (χ1v) is 4.37. The third-order valence-electron chi connectivity index (χ3n) is 1.52. The van der Waals surface area contributed by atoms with Gasteiger partial charge in [0.25, 0.3) is 0 Å². The minimum absolute atomic E-state index is 0.0665. The predicted molar refractivity (Wildman–Crippen MR) is 48.7 cm³/mol. The Kier molecular flexibility index (Phi) is 1.86. The summed E-state index contributed by atoms with van der Waals surface area (Å²) in [5.41, 5.74) is 0.584. The third-order valence-corrected chi connectivity index (χ3v) is 2.36. The highest BCUT2D eigenvalue weighted by Crippen LogP contribution is 2.33. The summed E-state index contributed by atoms with van der Waals surface area (Å²) in [6, 6.07) is 1.65. The summed E-state index contributed by atoms with van der Waals surface area (Å²) in [5, 5.41) is 19.2. The van der Waals surface area contributed by atoms with Gasteiger partial charge < -0.3 is 10.2 Å². The lowest BCUT2D eigenvalue weighted by Gasteiger charge is -1.97. The average molecular weight is 194 g/mol. The second kappa shape index (κ2) is 3.02. The molecule has 2 rings (SSSR count). The Balaban J connectivity index is 2.52. The van der Waals surface area contributed by atoms with Crippen LogP contribution in [-0.4, -0.2) is 20.2 Å². The lowest BCUT2D eigenvalue weighted by atomic mass is 10.2. The first-order chi connectivity index (χ1) is 6.27. The van der Waals surface area contributed by atoms with E-state index in [1.54, 1.807) is 12.3 Å². The van der Waals surface area contributed by atoms with Crippen molar-refractivity contribution in [3.8, 4) is 21.4 Å². The first-order valence-electron chi connectivity index (χ1n) is 3.55.